The van der Waals surface area contributed by atoms with Crippen LogP contribution >= 0.6 is 27.1 Å². The number of benzene rings is 1. The molecule has 5 rings (SSSR count). The summed E-state index contributed by atoms with van der Waals surface area (Å²) in [5.74, 6) is 0. The molecule has 0 bridgehead atoms. The molecule has 0 aliphatic carbocycles. The van der Waals surface area contributed by atoms with Gasteiger partial charge in [0.05, 0.1) is 10.2 Å². The average molecular weight is 536 g/mol. The molecule has 1 aromatic heterocycles. The Morgan fingerprint density at radius 3 is 1.52 bits per heavy atom. The minimum atomic E-state index is -10.7. The molecule has 33 heavy (non-hydrogen) atoms. The molecule has 4 heterocycles. The van der Waals surface area contributed by atoms with Crippen LogP contribution in [0.1, 0.15) is 38.5 Å². The molecule has 1 aromatic carbocycles. The molecular weight excluding hydrogens is 508 g/mol. The van der Waals surface area contributed by atoms with Crippen LogP contribution in [0.5, 0.6) is 5.19 Å². The fourth-order valence-corrected chi connectivity index (χ4v) is 9.82. The predicted molar refractivity (Wildman–Crippen MR) is 123 cm³/mol. The molecule has 3 aliphatic rings. The van der Waals surface area contributed by atoms with Gasteiger partial charge in [0.15, 0.2) is 0 Å². The number of hydrogen-bond donors (Lipinski definition) is 0. The molecule has 5 nitrogen and oxygen atoms in total. The molecule has 0 amide bonds. The third-order valence-electron chi connectivity index (χ3n) is 5.83. The van der Waals surface area contributed by atoms with E-state index in [0.717, 1.165) is 10.7 Å². The molecule has 0 radical (unpaired) electrons. The molecule has 188 valence electrons. The van der Waals surface area contributed by atoms with Crippen molar-refractivity contribution in [1.82, 2.24) is 19.0 Å². The van der Waals surface area contributed by atoms with Crippen molar-refractivity contribution in [3.8, 4) is 5.19 Å². The van der Waals surface area contributed by atoms with Crippen LogP contribution < -0.4 is 4.52 Å². The van der Waals surface area contributed by atoms with Crippen molar-refractivity contribution in [2.24, 2.45) is 0 Å². The Morgan fingerprint density at radius 1 is 0.727 bits per heavy atom. The standard InChI is InChI=1S/C19H28N4OPS.F6P/c1-2-10-18-17(9-1)20-19(26-18)24-25(21-11-3-4-12-21,22-13-5-6-14-22)23-15-7-8-16-23;1-7(2,3,4,5)6/h1-2,9-10H,3-8,11-16H2;/q+1;-1. The Balaban J connectivity index is 0.000000325. The number of hydrogen-bond acceptors (Lipinski definition) is 6. The Hall–Kier alpha value is -0.770. The van der Waals surface area contributed by atoms with Gasteiger partial charge in [0.25, 0.3) is 0 Å². The van der Waals surface area contributed by atoms with E-state index in [0.29, 0.717) is 0 Å². The fraction of sp³-hybridized carbons (Fsp3) is 0.632. The van der Waals surface area contributed by atoms with Gasteiger partial charge in [-0.3, -0.25) is 4.52 Å². The normalized spacial score (nSPS) is 23.3. The van der Waals surface area contributed by atoms with Gasteiger partial charge in [-0.2, -0.15) is 4.98 Å². The van der Waals surface area contributed by atoms with Crippen LogP contribution in [-0.2, 0) is 0 Å². The van der Waals surface area contributed by atoms with Gasteiger partial charge in [-0.05, 0) is 50.7 Å². The average Bonchev–Trinajstić information content (AvgIpc) is 3.52. The Labute approximate surface area is 193 Å². The van der Waals surface area contributed by atoms with E-state index in [9.17, 15) is 25.2 Å². The van der Waals surface area contributed by atoms with Crippen LogP contribution in [0.3, 0.4) is 0 Å². The van der Waals surface area contributed by atoms with Gasteiger partial charge in [0.2, 0.25) is 0 Å². The summed E-state index contributed by atoms with van der Waals surface area (Å²) in [6.07, 6.45) is 7.79. The summed E-state index contributed by atoms with van der Waals surface area (Å²) < 4.78 is 75.6. The van der Waals surface area contributed by atoms with Crippen LogP contribution in [-0.4, -0.2) is 58.3 Å². The summed E-state index contributed by atoms with van der Waals surface area (Å²) in [4.78, 5) is 4.86. The molecule has 3 saturated heterocycles. The van der Waals surface area contributed by atoms with Gasteiger partial charge in [-0.1, -0.05) is 23.5 Å². The third kappa shape index (κ3) is 6.89. The topological polar surface area (TPSA) is 31.8 Å². The second kappa shape index (κ2) is 8.71. The molecule has 14 heteroatoms. The number of thiazole rings is 1. The molecule has 0 N–H and O–H groups in total. The van der Waals surface area contributed by atoms with Gasteiger partial charge in [-0.25, -0.2) is 0 Å². The third-order valence-corrected chi connectivity index (χ3v) is 10.7. The summed E-state index contributed by atoms with van der Waals surface area (Å²) in [7, 11) is -12.6. The second-order valence-electron chi connectivity index (χ2n) is 8.49. The van der Waals surface area contributed by atoms with E-state index in [1.54, 1.807) is 11.3 Å². The maximum Gasteiger partial charge on any atom is 0.421 e. The van der Waals surface area contributed by atoms with Gasteiger partial charge in [-0.15, -0.1) is 14.0 Å². The summed E-state index contributed by atoms with van der Waals surface area (Å²) >= 11 is 1.71. The predicted octanol–water partition coefficient (Wildman–Crippen LogP) is 8.02. The maximum atomic E-state index is 9.87. The first-order valence-electron chi connectivity index (χ1n) is 11.1. The summed E-state index contributed by atoms with van der Waals surface area (Å²) in [5, 5.41) is 0.866. The molecule has 2 aromatic rings. The minimum Gasteiger partial charge on any atom is -0.260 e. The molecule has 0 spiro atoms. The van der Waals surface area contributed by atoms with Crippen molar-refractivity contribution < 1.29 is 29.7 Å². The largest absolute Gasteiger partial charge is 0.421 e. The zero-order chi connectivity index (χ0) is 23.8. The van der Waals surface area contributed by atoms with Crippen LogP contribution in [0, 0.1) is 0 Å². The van der Waals surface area contributed by atoms with Gasteiger partial charge >= 0.3 is 46.1 Å². The number of aromatic nitrogens is 1. The zero-order valence-corrected chi connectivity index (χ0v) is 20.7. The first kappa shape index (κ1) is 25.3. The van der Waals surface area contributed by atoms with Gasteiger partial charge in [0.1, 0.15) is 0 Å². The fourth-order valence-electron chi connectivity index (χ4n) is 4.59. The molecule has 0 atom stereocenters. The molecule has 0 saturated carbocycles. The summed E-state index contributed by atoms with van der Waals surface area (Å²) in [5.41, 5.74) is 1.06. The number of para-hydroxylation sites is 1. The van der Waals surface area contributed by atoms with Crippen LogP contribution in [0.4, 0.5) is 25.2 Å². The van der Waals surface area contributed by atoms with Gasteiger partial charge in [0, 0.05) is 39.3 Å². The molecular formula is C19H28F6N4OP2S. The van der Waals surface area contributed by atoms with Crippen LogP contribution in [0.2, 0.25) is 0 Å². The van der Waals surface area contributed by atoms with Crippen LogP contribution in [0.15, 0.2) is 24.3 Å². The van der Waals surface area contributed by atoms with E-state index >= 15 is 0 Å². The number of halogens is 6. The van der Waals surface area contributed by atoms with E-state index < -0.39 is 15.8 Å². The van der Waals surface area contributed by atoms with E-state index in [1.807, 2.05) is 0 Å². The Bertz CT molecular complexity index is 873. The molecule has 3 fully saturated rings. The molecule has 3 aliphatic heterocycles. The van der Waals surface area contributed by atoms with E-state index in [4.69, 9.17) is 9.51 Å². The first-order valence-corrected chi connectivity index (χ1v) is 15.5. The van der Waals surface area contributed by atoms with E-state index in [2.05, 4.69) is 38.3 Å². The van der Waals surface area contributed by atoms with E-state index in [-0.39, 0.29) is 0 Å². The maximum absolute atomic E-state index is 10.7. The van der Waals surface area contributed by atoms with Crippen molar-refractivity contribution in [2.75, 3.05) is 39.3 Å². The Morgan fingerprint density at radius 2 is 1.12 bits per heavy atom. The van der Waals surface area contributed by atoms with Crippen molar-refractivity contribution in [1.29, 1.82) is 0 Å². The van der Waals surface area contributed by atoms with E-state index in [1.165, 1.54) is 82.5 Å². The number of fused-ring (bicyclic) bond motifs is 1. The SMILES string of the molecule is F[P-](F)(F)(F)(F)F.c1ccc2sc(O[P+](N3CCCC3)(N3CCCC3)N3CCCC3)nc2c1. The number of nitrogens with zero attached hydrogens (tertiary/aromatic N) is 4. The van der Waals surface area contributed by atoms with Gasteiger partial charge < -0.3 is 0 Å². The summed E-state index contributed by atoms with van der Waals surface area (Å²) in [6, 6.07) is 8.41. The van der Waals surface area contributed by atoms with Crippen molar-refractivity contribution >= 4 is 37.3 Å². The number of rotatable bonds is 5. The molecule has 0 unspecified atom stereocenters. The zero-order valence-electron chi connectivity index (χ0n) is 18.1. The van der Waals surface area contributed by atoms with Crippen molar-refractivity contribution in [3.05, 3.63) is 24.3 Å². The van der Waals surface area contributed by atoms with Crippen molar-refractivity contribution in [2.45, 2.75) is 38.5 Å². The first-order chi connectivity index (χ1) is 15.3. The minimum absolute atomic E-state index is 0.866. The van der Waals surface area contributed by atoms with Crippen LogP contribution in [0.25, 0.3) is 10.2 Å². The smallest absolute Gasteiger partial charge is 0.260 e. The Kier molecular flexibility index (Phi) is 6.69. The second-order valence-corrected chi connectivity index (χ2v) is 14.3. The summed E-state index contributed by atoms with van der Waals surface area (Å²) in [6.45, 7) is 7.03. The van der Waals surface area contributed by atoms with Crippen molar-refractivity contribution in [3.63, 3.8) is 0 Å². The quantitative estimate of drug-likeness (QED) is 0.285. The monoisotopic (exact) mass is 536 g/mol.